The third-order valence-corrected chi connectivity index (χ3v) is 3.36. The van der Waals surface area contributed by atoms with E-state index in [2.05, 4.69) is 0 Å². The molecular formula is C15H24N4O5. The van der Waals surface area contributed by atoms with Gasteiger partial charge in [-0.05, 0) is 32.0 Å². The highest BCUT2D eigenvalue weighted by atomic mass is 16.6. The van der Waals surface area contributed by atoms with E-state index in [0.29, 0.717) is 50.3 Å². The first kappa shape index (κ1) is 19.7. The van der Waals surface area contributed by atoms with Crippen molar-refractivity contribution in [3.05, 3.63) is 33.9 Å². The normalized spacial score (nSPS) is 10.3. The zero-order valence-corrected chi connectivity index (χ0v) is 13.8. The van der Waals surface area contributed by atoms with Crippen LogP contribution < -0.4 is 16.2 Å². The summed E-state index contributed by atoms with van der Waals surface area (Å²) in [6.07, 6.45) is 0.860. The zero-order valence-electron chi connectivity index (χ0n) is 13.8. The van der Waals surface area contributed by atoms with Gasteiger partial charge in [0.2, 0.25) is 0 Å². The molecule has 0 saturated heterocycles. The van der Waals surface area contributed by atoms with Crippen molar-refractivity contribution in [1.29, 1.82) is 0 Å². The SMILES string of the molecule is COc1cc([N+](=O)[O-])ccc1COC(=O)N(CCCN)CCCN. The molecule has 9 heteroatoms. The Bertz CT molecular complexity index is 545. The maximum atomic E-state index is 12.2. The van der Waals surface area contributed by atoms with Gasteiger partial charge in [0.25, 0.3) is 5.69 Å². The van der Waals surface area contributed by atoms with Crippen molar-refractivity contribution in [2.75, 3.05) is 33.3 Å². The Morgan fingerprint density at radius 3 is 2.38 bits per heavy atom. The van der Waals surface area contributed by atoms with E-state index in [-0.39, 0.29) is 12.3 Å². The lowest BCUT2D eigenvalue weighted by atomic mass is 10.2. The molecule has 1 aromatic carbocycles. The van der Waals surface area contributed by atoms with Crippen LogP contribution in [-0.2, 0) is 11.3 Å². The lowest BCUT2D eigenvalue weighted by Crippen LogP contribution is -2.35. The summed E-state index contributed by atoms with van der Waals surface area (Å²) in [5.74, 6) is 0.299. The molecule has 0 radical (unpaired) electrons. The van der Waals surface area contributed by atoms with Gasteiger partial charge in [-0.3, -0.25) is 10.1 Å². The molecule has 1 aromatic rings. The molecule has 0 aromatic heterocycles. The van der Waals surface area contributed by atoms with E-state index in [9.17, 15) is 14.9 Å². The molecule has 0 heterocycles. The van der Waals surface area contributed by atoms with Gasteiger partial charge in [-0.25, -0.2) is 4.79 Å². The van der Waals surface area contributed by atoms with E-state index >= 15 is 0 Å². The highest BCUT2D eigenvalue weighted by molar-refractivity contribution is 5.67. The molecule has 0 saturated carbocycles. The standard InChI is InChI=1S/C15H24N4O5/c1-23-14-10-13(19(21)22)5-4-12(14)11-24-15(20)18(8-2-6-16)9-3-7-17/h4-5,10H,2-3,6-9,11,16-17H2,1H3. The first-order valence-electron chi connectivity index (χ1n) is 7.66. The summed E-state index contributed by atoms with van der Waals surface area (Å²) in [7, 11) is 1.40. The molecule has 0 atom stereocenters. The fraction of sp³-hybridized carbons (Fsp3) is 0.533. The average Bonchev–Trinajstić information content (AvgIpc) is 2.59. The number of amides is 1. The number of hydrogen-bond donors (Lipinski definition) is 2. The van der Waals surface area contributed by atoms with Gasteiger partial charge in [-0.2, -0.15) is 0 Å². The van der Waals surface area contributed by atoms with Crippen molar-refractivity contribution in [3.8, 4) is 5.75 Å². The van der Waals surface area contributed by atoms with Crippen LogP contribution in [0, 0.1) is 10.1 Å². The van der Waals surface area contributed by atoms with Crippen molar-refractivity contribution >= 4 is 11.8 Å². The highest BCUT2D eigenvalue weighted by Crippen LogP contribution is 2.25. The quantitative estimate of drug-likeness (QED) is 0.483. The molecule has 24 heavy (non-hydrogen) atoms. The smallest absolute Gasteiger partial charge is 0.410 e. The van der Waals surface area contributed by atoms with Crippen molar-refractivity contribution < 1.29 is 19.2 Å². The number of non-ortho nitro benzene ring substituents is 1. The number of nitrogens with two attached hydrogens (primary N) is 2. The molecule has 0 unspecified atom stereocenters. The molecular weight excluding hydrogens is 316 g/mol. The summed E-state index contributed by atoms with van der Waals surface area (Å²) in [4.78, 5) is 24.0. The van der Waals surface area contributed by atoms with Gasteiger partial charge in [0.15, 0.2) is 0 Å². The number of hydrogen-bond acceptors (Lipinski definition) is 7. The minimum Gasteiger partial charge on any atom is -0.496 e. The first-order chi connectivity index (χ1) is 11.5. The third-order valence-electron chi connectivity index (χ3n) is 3.36. The molecule has 0 spiro atoms. The molecule has 134 valence electrons. The number of carbonyl (C=O) groups is 1. The maximum absolute atomic E-state index is 12.2. The molecule has 4 N–H and O–H groups in total. The average molecular weight is 340 g/mol. The van der Waals surface area contributed by atoms with Crippen LogP contribution in [-0.4, -0.2) is 49.2 Å². The predicted octanol–water partition coefficient (Wildman–Crippen LogP) is 1.24. The number of methoxy groups -OCH3 is 1. The number of nitrogens with zero attached hydrogens (tertiary/aromatic N) is 2. The second-order valence-corrected chi connectivity index (χ2v) is 5.08. The van der Waals surface area contributed by atoms with Gasteiger partial charge in [-0.1, -0.05) is 0 Å². The van der Waals surface area contributed by atoms with Crippen LogP contribution in [0.5, 0.6) is 5.75 Å². The summed E-state index contributed by atoms with van der Waals surface area (Å²) in [6.45, 7) is 1.90. The fourth-order valence-corrected chi connectivity index (χ4v) is 2.06. The van der Waals surface area contributed by atoms with Gasteiger partial charge in [0.05, 0.1) is 18.1 Å². The second kappa shape index (κ2) is 10.4. The molecule has 9 nitrogen and oxygen atoms in total. The zero-order chi connectivity index (χ0) is 17.9. The van der Waals surface area contributed by atoms with Gasteiger partial charge in [0.1, 0.15) is 12.4 Å². The van der Waals surface area contributed by atoms with Crippen LogP contribution in [0.4, 0.5) is 10.5 Å². The van der Waals surface area contributed by atoms with Crippen LogP contribution in [0.2, 0.25) is 0 Å². The molecule has 0 fully saturated rings. The summed E-state index contributed by atoms with van der Waals surface area (Å²) < 4.78 is 10.4. The Morgan fingerprint density at radius 1 is 1.25 bits per heavy atom. The summed E-state index contributed by atoms with van der Waals surface area (Å²) in [6, 6.07) is 4.14. The molecule has 0 aliphatic carbocycles. The molecule has 0 aliphatic heterocycles. The molecule has 1 amide bonds. The Labute approximate surface area is 140 Å². The second-order valence-electron chi connectivity index (χ2n) is 5.08. The van der Waals surface area contributed by atoms with Crippen LogP contribution in [0.25, 0.3) is 0 Å². The largest absolute Gasteiger partial charge is 0.496 e. The van der Waals surface area contributed by atoms with Crippen molar-refractivity contribution in [2.45, 2.75) is 19.4 Å². The van der Waals surface area contributed by atoms with Crippen LogP contribution in [0.1, 0.15) is 18.4 Å². The fourth-order valence-electron chi connectivity index (χ4n) is 2.06. The highest BCUT2D eigenvalue weighted by Gasteiger charge is 2.16. The summed E-state index contributed by atoms with van der Waals surface area (Å²) in [5, 5.41) is 10.8. The van der Waals surface area contributed by atoms with E-state index in [4.69, 9.17) is 20.9 Å². The van der Waals surface area contributed by atoms with Crippen molar-refractivity contribution in [3.63, 3.8) is 0 Å². The Balaban J connectivity index is 2.71. The summed E-state index contributed by atoms with van der Waals surface area (Å²) in [5.41, 5.74) is 11.4. The number of benzene rings is 1. The minimum atomic E-state index is -0.514. The lowest BCUT2D eigenvalue weighted by molar-refractivity contribution is -0.384. The molecule has 1 rings (SSSR count). The van der Waals surface area contributed by atoms with Crippen molar-refractivity contribution in [1.82, 2.24) is 4.90 Å². The van der Waals surface area contributed by atoms with Crippen LogP contribution in [0.3, 0.4) is 0 Å². The monoisotopic (exact) mass is 340 g/mol. The van der Waals surface area contributed by atoms with E-state index in [0.717, 1.165) is 0 Å². The van der Waals surface area contributed by atoms with Gasteiger partial charge < -0.3 is 25.8 Å². The van der Waals surface area contributed by atoms with E-state index < -0.39 is 11.0 Å². The predicted molar refractivity (Wildman–Crippen MR) is 88.7 cm³/mol. The van der Waals surface area contributed by atoms with E-state index in [1.807, 2.05) is 0 Å². The van der Waals surface area contributed by atoms with Crippen molar-refractivity contribution in [2.24, 2.45) is 11.5 Å². The summed E-state index contributed by atoms with van der Waals surface area (Å²) >= 11 is 0. The first-order valence-corrected chi connectivity index (χ1v) is 7.66. The Hall–Kier alpha value is -2.39. The van der Waals surface area contributed by atoms with E-state index in [1.165, 1.54) is 25.3 Å². The third kappa shape index (κ3) is 6.01. The molecule has 0 bridgehead atoms. The maximum Gasteiger partial charge on any atom is 0.410 e. The van der Waals surface area contributed by atoms with Gasteiger partial charge >= 0.3 is 6.09 Å². The number of ether oxygens (including phenoxy) is 2. The van der Waals surface area contributed by atoms with E-state index in [1.54, 1.807) is 4.90 Å². The van der Waals surface area contributed by atoms with Crippen LogP contribution in [0.15, 0.2) is 18.2 Å². The Morgan fingerprint density at radius 2 is 1.88 bits per heavy atom. The van der Waals surface area contributed by atoms with Gasteiger partial charge in [0, 0.05) is 24.7 Å². The number of nitro groups is 1. The number of carbonyl (C=O) groups excluding carboxylic acids is 1. The van der Waals surface area contributed by atoms with Gasteiger partial charge in [-0.15, -0.1) is 0 Å². The molecule has 0 aliphatic rings. The minimum absolute atomic E-state index is 0.0399. The Kier molecular flexibility index (Phi) is 8.52. The van der Waals surface area contributed by atoms with Crippen LogP contribution >= 0.6 is 0 Å². The number of rotatable bonds is 10. The number of nitro benzene ring substituents is 1. The topological polar surface area (TPSA) is 134 Å². The lowest BCUT2D eigenvalue weighted by Gasteiger charge is -2.22.